The highest BCUT2D eigenvalue weighted by Gasteiger charge is 2.11. The van der Waals surface area contributed by atoms with Crippen molar-refractivity contribution >= 4 is 28.1 Å². The van der Waals surface area contributed by atoms with Gasteiger partial charge in [-0.3, -0.25) is 4.98 Å². The van der Waals surface area contributed by atoms with Crippen LogP contribution in [0.4, 0.5) is 16.8 Å². The average molecular weight is 269 g/mol. The number of nitrogens with two attached hydrogens (primary N) is 1. The summed E-state index contributed by atoms with van der Waals surface area (Å²) >= 11 is 1.46. The molecule has 0 amide bonds. The highest BCUT2D eigenvalue weighted by Crippen LogP contribution is 2.34. The Balaban J connectivity index is 1.90. The zero-order valence-corrected chi connectivity index (χ0v) is 10.8. The second-order valence-corrected chi connectivity index (χ2v) is 4.79. The van der Waals surface area contributed by atoms with Crippen molar-refractivity contribution in [3.63, 3.8) is 0 Å². The molecule has 0 saturated carbocycles. The van der Waals surface area contributed by atoms with E-state index in [1.165, 1.54) is 11.3 Å². The monoisotopic (exact) mass is 269 g/mol. The molecule has 6 heteroatoms. The molecule has 3 N–H and O–H groups in total. The van der Waals surface area contributed by atoms with Gasteiger partial charge in [-0.05, 0) is 24.3 Å². The molecule has 0 aliphatic carbocycles. The fourth-order valence-corrected chi connectivity index (χ4v) is 2.48. The lowest BCUT2D eigenvalue weighted by molar-refractivity contribution is 1.29. The fourth-order valence-electron chi connectivity index (χ4n) is 1.61. The molecule has 0 aliphatic heterocycles. The predicted octanol–water partition coefficient (Wildman–Crippen LogP) is 2.93. The number of hydrogen-bond donors (Lipinski definition) is 2. The summed E-state index contributed by atoms with van der Waals surface area (Å²) in [5.41, 5.74) is 6.75. The van der Waals surface area contributed by atoms with E-state index in [4.69, 9.17) is 5.73 Å². The Morgan fingerprint density at radius 1 is 1.00 bits per heavy atom. The van der Waals surface area contributed by atoms with Crippen LogP contribution in [0.1, 0.15) is 0 Å². The van der Waals surface area contributed by atoms with Gasteiger partial charge in [0, 0.05) is 12.4 Å². The molecule has 0 spiro atoms. The molecular formula is C13H11N5S. The van der Waals surface area contributed by atoms with Gasteiger partial charge in [-0.25, -0.2) is 9.97 Å². The first kappa shape index (κ1) is 11.6. The molecule has 0 atom stereocenters. The number of nitrogens with zero attached hydrogens (tertiary/aromatic N) is 3. The molecule has 0 saturated heterocycles. The number of thiazole rings is 1. The summed E-state index contributed by atoms with van der Waals surface area (Å²) in [6, 6.07) is 11.3. The first-order valence-corrected chi connectivity index (χ1v) is 6.50. The first-order valence-electron chi connectivity index (χ1n) is 5.69. The molecule has 0 aromatic carbocycles. The van der Waals surface area contributed by atoms with Gasteiger partial charge in [0.05, 0.1) is 10.6 Å². The van der Waals surface area contributed by atoms with Crippen LogP contribution in [0.3, 0.4) is 0 Å². The number of hydrogen-bond acceptors (Lipinski definition) is 6. The SMILES string of the molecule is Nc1nc(Nc2ccccn2)sc1-c1ccccn1. The molecule has 3 heterocycles. The average Bonchev–Trinajstić information content (AvgIpc) is 2.82. The van der Waals surface area contributed by atoms with E-state index in [1.54, 1.807) is 12.4 Å². The molecule has 0 aliphatic rings. The lowest BCUT2D eigenvalue weighted by atomic mass is 10.3. The molecule has 3 rings (SSSR count). The molecule has 0 fully saturated rings. The predicted molar refractivity (Wildman–Crippen MR) is 77.3 cm³/mol. The number of rotatable bonds is 3. The summed E-state index contributed by atoms with van der Waals surface area (Å²) in [4.78, 5) is 13.6. The van der Waals surface area contributed by atoms with E-state index in [9.17, 15) is 0 Å². The van der Waals surface area contributed by atoms with Crippen LogP contribution < -0.4 is 11.1 Å². The summed E-state index contributed by atoms with van der Waals surface area (Å²) in [7, 11) is 0. The van der Waals surface area contributed by atoms with Crippen molar-refractivity contribution in [3.05, 3.63) is 48.8 Å². The molecule has 94 valence electrons. The third-order valence-corrected chi connectivity index (χ3v) is 3.46. The smallest absolute Gasteiger partial charge is 0.190 e. The Morgan fingerprint density at radius 2 is 1.79 bits per heavy atom. The molecule has 0 radical (unpaired) electrons. The maximum atomic E-state index is 5.93. The highest BCUT2D eigenvalue weighted by atomic mass is 32.1. The molecule has 19 heavy (non-hydrogen) atoms. The van der Waals surface area contributed by atoms with Crippen LogP contribution in [0.2, 0.25) is 0 Å². The number of aromatic nitrogens is 3. The van der Waals surface area contributed by atoms with Crippen molar-refractivity contribution < 1.29 is 0 Å². The minimum absolute atomic E-state index is 0.474. The summed E-state index contributed by atoms with van der Waals surface area (Å²) in [6.45, 7) is 0. The Labute approximate surface area is 114 Å². The van der Waals surface area contributed by atoms with Gasteiger partial charge in [0.1, 0.15) is 11.6 Å². The maximum Gasteiger partial charge on any atom is 0.190 e. The van der Waals surface area contributed by atoms with Gasteiger partial charge in [0.2, 0.25) is 0 Å². The van der Waals surface area contributed by atoms with Gasteiger partial charge >= 0.3 is 0 Å². The van der Waals surface area contributed by atoms with E-state index in [0.717, 1.165) is 16.4 Å². The summed E-state index contributed by atoms with van der Waals surface area (Å²) in [5.74, 6) is 1.21. The van der Waals surface area contributed by atoms with Crippen molar-refractivity contribution in [1.82, 2.24) is 15.0 Å². The van der Waals surface area contributed by atoms with E-state index in [1.807, 2.05) is 36.4 Å². The van der Waals surface area contributed by atoms with Crippen molar-refractivity contribution in [1.29, 1.82) is 0 Å². The van der Waals surface area contributed by atoms with E-state index in [0.29, 0.717) is 10.9 Å². The third kappa shape index (κ3) is 2.53. The molecule has 3 aromatic rings. The van der Waals surface area contributed by atoms with E-state index >= 15 is 0 Å². The number of anilines is 3. The van der Waals surface area contributed by atoms with Crippen LogP contribution in [0.5, 0.6) is 0 Å². The number of nitrogen functional groups attached to an aromatic ring is 1. The van der Waals surface area contributed by atoms with Crippen LogP contribution in [-0.4, -0.2) is 15.0 Å². The Bertz CT molecular complexity index is 666. The Kier molecular flexibility index (Phi) is 3.07. The van der Waals surface area contributed by atoms with Crippen LogP contribution in [-0.2, 0) is 0 Å². The van der Waals surface area contributed by atoms with Crippen molar-refractivity contribution in [2.24, 2.45) is 0 Å². The quantitative estimate of drug-likeness (QED) is 0.764. The molecule has 5 nitrogen and oxygen atoms in total. The van der Waals surface area contributed by atoms with Gasteiger partial charge in [0.15, 0.2) is 5.13 Å². The van der Waals surface area contributed by atoms with Gasteiger partial charge in [-0.15, -0.1) is 0 Å². The topological polar surface area (TPSA) is 76.7 Å². The van der Waals surface area contributed by atoms with Crippen LogP contribution in [0.25, 0.3) is 10.6 Å². The molecular weight excluding hydrogens is 258 g/mol. The fraction of sp³-hybridized carbons (Fsp3) is 0. The van der Waals surface area contributed by atoms with Crippen molar-refractivity contribution in [3.8, 4) is 10.6 Å². The second kappa shape index (κ2) is 5.03. The third-order valence-electron chi connectivity index (χ3n) is 2.45. The van der Waals surface area contributed by atoms with Gasteiger partial charge in [-0.2, -0.15) is 0 Å². The lowest BCUT2D eigenvalue weighted by Crippen LogP contribution is -1.92. The highest BCUT2D eigenvalue weighted by molar-refractivity contribution is 7.19. The van der Waals surface area contributed by atoms with Crippen LogP contribution in [0.15, 0.2) is 48.8 Å². The second-order valence-electron chi connectivity index (χ2n) is 3.79. The number of pyridine rings is 2. The van der Waals surface area contributed by atoms with Crippen molar-refractivity contribution in [2.75, 3.05) is 11.1 Å². The zero-order valence-electron chi connectivity index (χ0n) is 9.95. The Morgan fingerprint density at radius 3 is 2.47 bits per heavy atom. The van der Waals surface area contributed by atoms with Crippen LogP contribution in [0, 0.1) is 0 Å². The maximum absolute atomic E-state index is 5.93. The van der Waals surface area contributed by atoms with E-state index in [-0.39, 0.29) is 0 Å². The number of nitrogens with one attached hydrogen (secondary N) is 1. The van der Waals surface area contributed by atoms with Gasteiger partial charge in [0.25, 0.3) is 0 Å². The Hall–Kier alpha value is -2.47. The lowest BCUT2D eigenvalue weighted by Gasteiger charge is -1.98. The summed E-state index contributed by atoms with van der Waals surface area (Å²) in [6.07, 6.45) is 3.46. The standard InChI is InChI=1S/C13H11N5S/c14-12-11(9-5-1-3-7-15-9)19-13(18-12)17-10-6-2-4-8-16-10/h1-8H,14H2,(H,16,17,18). The molecule has 0 unspecified atom stereocenters. The zero-order chi connectivity index (χ0) is 13.1. The summed E-state index contributed by atoms with van der Waals surface area (Å²) < 4.78 is 0. The van der Waals surface area contributed by atoms with Crippen LogP contribution >= 0.6 is 11.3 Å². The van der Waals surface area contributed by atoms with Gasteiger partial charge < -0.3 is 11.1 Å². The molecule has 0 bridgehead atoms. The minimum atomic E-state index is 0.474. The normalized spacial score (nSPS) is 10.3. The minimum Gasteiger partial charge on any atom is -0.382 e. The first-order chi connectivity index (χ1) is 9.33. The van der Waals surface area contributed by atoms with Crippen molar-refractivity contribution in [2.45, 2.75) is 0 Å². The van der Waals surface area contributed by atoms with E-state index < -0.39 is 0 Å². The summed E-state index contributed by atoms with van der Waals surface area (Å²) in [5, 5.41) is 3.83. The largest absolute Gasteiger partial charge is 0.382 e. The van der Waals surface area contributed by atoms with E-state index in [2.05, 4.69) is 20.3 Å². The van der Waals surface area contributed by atoms with Gasteiger partial charge in [-0.1, -0.05) is 23.5 Å². The molecule has 3 aromatic heterocycles.